The molecule has 1 fully saturated rings. The average molecular weight is 402 g/mol. The number of benzene rings is 1. The van der Waals surface area contributed by atoms with Gasteiger partial charge in [0.1, 0.15) is 9.90 Å². The highest BCUT2D eigenvalue weighted by Gasteiger charge is 2.30. The van der Waals surface area contributed by atoms with E-state index < -0.39 is 10.0 Å². The molecule has 1 aliphatic heterocycles. The SMILES string of the molecule is Cc1c(S(=O)(=O)N2CCCCC2)cc(-c2nc(-c3ccccc3)cs2)n1C. The molecule has 0 saturated carbocycles. The lowest BCUT2D eigenvalue weighted by Crippen LogP contribution is -2.35. The minimum Gasteiger partial charge on any atom is -0.345 e. The van der Waals surface area contributed by atoms with Crippen molar-refractivity contribution >= 4 is 21.4 Å². The third-order valence-corrected chi connectivity index (χ3v) is 8.09. The Bertz CT molecular complexity index is 1050. The molecular formula is C20H23N3O2S2. The fraction of sp³-hybridized carbons (Fsp3) is 0.350. The van der Waals surface area contributed by atoms with Gasteiger partial charge in [-0.1, -0.05) is 36.8 Å². The maximum Gasteiger partial charge on any atom is 0.244 e. The maximum absolute atomic E-state index is 13.1. The van der Waals surface area contributed by atoms with Gasteiger partial charge in [-0.2, -0.15) is 4.31 Å². The molecule has 0 spiro atoms. The van der Waals surface area contributed by atoms with Crippen LogP contribution in [0.1, 0.15) is 25.0 Å². The largest absolute Gasteiger partial charge is 0.345 e. The van der Waals surface area contributed by atoms with Gasteiger partial charge in [0.05, 0.1) is 11.4 Å². The van der Waals surface area contributed by atoms with Crippen LogP contribution in [0.3, 0.4) is 0 Å². The molecule has 3 heterocycles. The molecular weight excluding hydrogens is 378 g/mol. The highest BCUT2D eigenvalue weighted by molar-refractivity contribution is 7.89. The second-order valence-electron chi connectivity index (χ2n) is 6.91. The van der Waals surface area contributed by atoms with E-state index in [-0.39, 0.29) is 0 Å². The lowest BCUT2D eigenvalue weighted by molar-refractivity contribution is 0.346. The van der Waals surface area contributed by atoms with Crippen molar-refractivity contribution in [2.45, 2.75) is 31.1 Å². The van der Waals surface area contributed by atoms with Crippen molar-refractivity contribution in [3.8, 4) is 22.0 Å². The van der Waals surface area contributed by atoms with Gasteiger partial charge in [0.2, 0.25) is 10.0 Å². The summed E-state index contributed by atoms with van der Waals surface area (Å²) in [7, 11) is -1.55. The Balaban J connectivity index is 1.72. The molecule has 1 aromatic carbocycles. The highest BCUT2D eigenvalue weighted by Crippen LogP contribution is 2.34. The first kappa shape index (κ1) is 18.4. The number of nitrogens with zero attached hydrogens (tertiary/aromatic N) is 3. The first-order valence-corrected chi connectivity index (χ1v) is 11.5. The molecule has 27 heavy (non-hydrogen) atoms. The van der Waals surface area contributed by atoms with Gasteiger partial charge in [-0.3, -0.25) is 0 Å². The number of aromatic nitrogens is 2. The summed E-state index contributed by atoms with van der Waals surface area (Å²) in [6.45, 7) is 3.09. The lowest BCUT2D eigenvalue weighted by Gasteiger charge is -2.25. The van der Waals surface area contributed by atoms with Crippen LogP contribution in [-0.2, 0) is 17.1 Å². The molecule has 142 valence electrons. The molecule has 7 heteroatoms. The number of hydrogen-bond donors (Lipinski definition) is 0. The first-order valence-electron chi connectivity index (χ1n) is 9.16. The summed E-state index contributed by atoms with van der Waals surface area (Å²) in [4.78, 5) is 5.15. The highest BCUT2D eigenvalue weighted by atomic mass is 32.2. The minimum absolute atomic E-state index is 0.401. The quantitative estimate of drug-likeness (QED) is 0.655. The number of piperidine rings is 1. The van der Waals surface area contributed by atoms with Crippen molar-refractivity contribution < 1.29 is 8.42 Å². The van der Waals surface area contributed by atoms with Crippen molar-refractivity contribution in [3.05, 3.63) is 47.5 Å². The third-order valence-electron chi connectivity index (χ3n) is 5.21. The first-order chi connectivity index (χ1) is 13.0. The van der Waals surface area contributed by atoms with E-state index in [0.717, 1.165) is 46.9 Å². The van der Waals surface area contributed by atoms with E-state index in [1.54, 1.807) is 10.4 Å². The van der Waals surface area contributed by atoms with Crippen LogP contribution in [0, 0.1) is 6.92 Å². The molecule has 0 radical (unpaired) electrons. The average Bonchev–Trinajstić information content (AvgIpc) is 3.29. The van der Waals surface area contributed by atoms with Gasteiger partial charge in [-0.15, -0.1) is 11.3 Å². The second-order valence-corrected chi connectivity index (χ2v) is 9.67. The molecule has 1 aliphatic rings. The molecule has 5 nitrogen and oxygen atoms in total. The number of sulfonamides is 1. The van der Waals surface area contributed by atoms with Crippen molar-refractivity contribution in [2.24, 2.45) is 7.05 Å². The zero-order chi connectivity index (χ0) is 19.0. The van der Waals surface area contributed by atoms with Crippen molar-refractivity contribution in [1.29, 1.82) is 0 Å². The van der Waals surface area contributed by atoms with E-state index in [9.17, 15) is 8.42 Å². The fourth-order valence-corrected chi connectivity index (χ4v) is 6.18. The van der Waals surface area contributed by atoms with Gasteiger partial charge in [0.25, 0.3) is 0 Å². The van der Waals surface area contributed by atoms with Crippen LogP contribution in [0.15, 0.2) is 46.7 Å². The molecule has 2 aromatic heterocycles. The molecule has 0 N–H and O–H groups in total. The Morgan fingerprint density at radius 2 is 1.78 bits per heavy atom. The predicted octanol–water partition coefficient (Wildman–Crippen LogP) is 4.30. The Kier molecular flexibility index (Phi) is 4.92. The van der Waals surface area contributed by atoms with Crippen molar-refractivity contribution in [1.82, 2.24) is 13.9 Å². The summed E-state index contributed by atoms with van der Waals surface area (Å²) in [5.41, 5.74) is 3.57. The molecule has 0 amide bonds. The topological polar surface area (TPSA) is 55.2 Å². The van der Waals surface area contributed by atoms with Gasteiger partial charge in [0, 0.05) is 36.8 Å². The van der Waals surface area contributed by atoms with E-state index >= 15 is 0 Å². The van der Waals surface area contributed by atoms with Gasteiger partial charge < -0.3 is 4.57 Å². The van der Waals surface area contributed by atoms with E-state index in [2.05, 4.69) is 0 Å². The minimum atomic E-state index is -3.46. The Hall–Kier alpha value is -1.96. The zero-order valence-corrected chi connectivity index (χ0v) is 17.2. The van der Waals surface area contributed by atoms with E-state index in [1.165, 1.54) is 11.3 Å². The molecule has 0 atom stereocenters. The van der Waals surface area contributed by atoms with Crippen LogP contribution in [0.5, 0.6) is 0 Å². The fourth-order valence-electron chi connectivity index (χ4n) is 3.51. The van der Waals surface area contributed by atoms with Crippen LogP contribution in [0.4, 0.5) is 0 Å². The van der Waals surface area contributed by atoms with Crippen LogP contribution in [0.25, 0.3) is 22.0 Å². The third kappa shape index (κ3) is 3.35. The van der Waals surface area contributed by atoms with Crippen LogP contribution in [-0.4, -0.2) is 35.4 Å². The Morgan fingerprint density at radius 1 is 1.07 bits per heavy atom. The van der Waals surface area contributed by atoms with Gasteiger partial charge in [-0.05, 0) is 25.8 Å². The summed E-state index contributed by atoms with van der Waals surface area (Å²) in [5, 5.41) is 2.85. The molecule has 3 aromatic rings. The number of rotatable bonds is 4. The Labute approximate surface area is 164 Å². The summed E-state index contributed by atoms with van der Waals surface area (Å²) in [6.07, 6.45) is 2.97. The predicted molar refractivity (Wildman–Crippen MR) is 109 cm³/mol. The molecule has 1 saturated heterocycles. The lowest BCUT2D eigenvalue weighted by atomic mass is 10.2. The second kappa shape index (κ2) is 7.22. The molecule has 0 bridgehead atoms. The van der Waals surface area contributed by atoms with E-state index in [4.69, 9.17) is 4.98 Å². The normalized spacial score (nSPS) is 15.9. The van der Waals surface area contributed by atoms with Gasteiger partial charge in [-0.25, -0.2) is 13.4 Å². The van der Waals surface area contributed by atoms with Crippen molar-refractivity contribution in [2.75, 3.05) is 13.1 Å². The summed E-state index contributed by atoms with van der Waals surface area (Å²) in [6, 6.07) is 11.8. The van der Waals surface area contributed by atoms with E-state index in [1.807, 2.05) is 54.3 Å². The standard InChI is InChI=1S/C20H23N3O2S2/c1-15-19(27(24,25)23-11-7-4-8-12-23)13-18(22(15)2)20-21-17(14-26-20)16-9-5-3-6-10-16/h3,5-6,9-10,13-14H,4,7-8,11-12H2,1-2H3. The zero-order valence-electron chi connectivity index (χ0n) is 15.6. The summed E-state index contributed by atoms with van der Waals surface area (Å²) < 4.78 is 29.8. The summed E-state index contributed by atoms with van der Waals surface area (Å²) >= 11 is 1.54. The van der Waals surface area contributed by atoms with Crippen LogP contribution in [0.2, 0.25) is 0 Å². The molecule has 0 unspecified atom stereocenters. The maximum atomic E-state index is 13.1. The monoisotopic (exact) mass is 401 g/mol. The number of thiazole rings is 1. The van der Waals surface area contributed by atoms with Gasteiger partial charge in [0.15, 0.2) is 0 Å². The smallest absolute Gasteiger partial charge is 0.244 e. The summed E-state index contributed by atoms with van der Waals surface area (Å²) in [5.74, 6) is 0. The van der Waals surface area contributed by atoms with Crippen LogP contribution < -0.4 is 0 Å². The molecule has 4 rings (SSSR count). The van der Waals surface area contributed by atoms with Crippen molar-refractivity contribution in [3.63, 3.8) is 0 Å². The number of hydrogen-bond acceptors (Lipinski definition) is 4. The molecule has 0 aliphatic carbocycles. The Morgan fingerprint density at radius 3 is 2.48 bits per heavy atom. The van der Waals surface area contributed by atoms with Crippen LogP contribution >= 0.6 is 11.3 Å². The van der Waals surface area contributed by atoms with E-state index in [0.29, 0.717) is 18.0 Å². The van der Waals surface area contributed by atoms with Gasteiger partial charge >= 0.3 is 0 Å².